The maximum atomic E-state index is 3.69. The number of piperazine rings is 1. The number of hydrogen-bond donors (Lipinski definition) is 1. The molecule has 2 rings (SSSR count). The first-order chi connectivity index (χ1) is 8.65. The molecule has 0 amide bonds. The summed E-state index contributed by atoms with van der Waals surface area (Å²) < 4.78 is 2.29. The van der Waals surface area contributed by atoms with E-state index in [2.05, 4.69) is 74.1 Å². The Morgan fingerprint density at radius 3 is 2.67 bits per heavy atom. The molecule has 1 N–H and O–H groups in total. The van der Waals surface area contributed by atoms with Crippen LogP contribution in [-0.2, 0) is 0 Å². The summed E-state index contributed by atoms with van der Waals surface area (Å²) in [4.78, 5) is 2.54. The molecule has 4 heteroatoms. The number of nitrogens with one attached hydrogen (secondary N) is 1. The summed E-state index contributed by atoms with van der Waals surface area (Å²) in [7, 11) is 0. The molecule has 1 saturated heterocycles. The molecule has 1 aromatic carbocycles. The van der Waals surface area contributed by atoms with Gasteiger partial charge in [0, 0.05) is 34.1 Å². The van der Waals surface area contributed by atoms with Crippen molar-refractivity contribution in [3.63, 3.8) is 0 Å². The zero-order valence-corrected chi connectivity index (χ0v) is 14.1. The zero-order chi connectivity index (χ0) is 13.1. The third-order valence-corrected chi connectivity index (χ3v) is 4.81. The van der Waals surface area contributed by atoms with Gasteiger partial charge in [-0.05, 0) is 47.0 Å². The molecule has 2 atom stereocenters. The van der Waals surface area contributed by atoms with Crippen LogP contribution in [0.4, 0.5) is 5.69 Å². The molecule has 0 radical (unpaired) electrons. The molecular weight excluding hydrogens is 356 g/mol. The molecule has 1 fully saturated rings. The summed E-state index contributed by atoms with van der Waals surface area (Å²) in [5.74, 6) is 0. The highest BCUT2D eigenvalue weighted by Gasteiger charge is 2.27. The first-order valence-electron chi connectivity index (χ1n) is 6.60. The molecule has 0 aliphatic carbocycles. The number of rotatable bonds is 3. The molecule has 2 unspecified atom stereocenters. The maximum absolute atomic E-state index is 3.69. The van der Waals surface area contributed by atoms with E-state index >= 15 is 0 Å². The van der Waals surface area contributed by atoms with E-state index in [0.29, 0.717) is 12.1 Å². The minimum Gasteiger partial charge on any atom is -0.365 e. The highest BCUT2D eigenvalue weighted by molar-refractivity contribution is 9.11. The van der Waals surface area contributed by atoms with E-state index in [4.69, 9.17) is 0 Å². The number of nitrogens with zero attached hydrogens (tertiary/aromatic N) is 1. The van der Waals surface area contributed by atoms with Crippen molar-refractivity contribution in [1.82, 2.24) is 5.32 Å². The topological polar surface area (TPSA) is 15.3 Å². The smallest absolute Gasteiger partial charge is 0.0514 e. The van der Waals surface area contributed by atoms with Crippen LogP contribution in [-0.4, -0.2) is 25.2 Å². The van der Waals surface area contributed by atoms with Crippen molar-refractivity contribution >= 4 is 37.5 Å². The first-order valence-corrected chi connectivity index (χ1v) is 8.19. The molecule has 0 aromatic heterocycles. The molecule has 0 spiro atoms. The van der Waals surface area contributed by atoms with Gasteiger partial charge in [-0.25, -0.2) is 0 Å². The van der Waals surface area contributed by atoms with Crippen LogP contribution in [0.1, 0.15) is 26.7 Å². The second-order valence-corrected chi connectivity index (χ2v) is 6.59. The van der Waals surface area contributed by atoms with Crippen LogP contribution in [0.15, 0.2) is 27.1 Å². The Morgan fingerprint density at radius 2 is 2.06 bits per heavy atom. The average molecular weight is 376 g/mol. The van der Waals surface area contributed by atoms with Crippen molar-refractivity contribution in [3.05, 3.63) is 27.1 Å². The van der Waals surface area contributed by atoms with Gasteiger partial charge in [-0.2, -0.15) is 0 Å². The average Bonchev–Trinajstić information content (AvgIpc) is 2.38. The Kier molecular flexibility index (Phi) is 5.10. The van der Waals surface area contributed by atoms with Crippen LogP contribution in [0.5, 0.6) is 0 Å². The predicted molar refractivity (Wildman–Crippen MR) is 85.3 cm³/mol. The van der Waals surface area contributed by atoms with Crippen molar-refractivity contribution in [2.24, 2.45) is 0 Å². The Balaban J connectivity index is 2.26. The minimum absolute atomic E-state index is 0.588. The third-order valence-electron chi connectivity index (χ3n) is 3.68. The van der Waals surface area contributed by atoms with Gasteiger partial charge in [0.2, 0.25) is 0 Å². The Morgan fingerprint density at radius 1 is 1.28 bits per heavy atom. The molecule has 1 aromatic rings. The fourth-order valence-electron chi connectivity index (χ4n) is 2.51. The lowest BCUT2D eigenvalue weighted by Gasteiger charge is -2.42. The SMILES string of the molecule is CCC1CN(c2ccc(Br)cc2Br)C(CC)CN1. The molecule has 0 bridgehead atoms. The fraction of sp³-hybridized carbons (Fsp3) is 0.571. The third kappa shape index (κ3) is 3.09. The summed E-state index contributed by atoms with van der Waals surface area (Å²) >= 11 is 7.21. The molecular formula is C14H20Br2N2. The quantitative estimate of drug-likeness (QED) is 0.852. The van der Waals surface area contributed by atoms with Gasteiger partial charge in [0.1, 0.15) is 0 Å². The summed E-state index contributed by atoms with van der Waals surface area (Å²) in [6.45, 7) is 6.68. The molecule has 1 heterocycles. The predicted octanol–water partition coefficient (Wildman–Crippen LogP) is 4.18. The van der Waals surface area contributed by atoms with Crippen LogP contribution in [0.2, 0.25) is 0 Å². The van der Waals surface area contributed by atoms with Gasteiger partial charge in [-0.3, -0.25) is 0 Å². The highest BCUT2D eigenvalue weighted by atomic mass is 79.9. The van der Waals surface area contributed by atoms with E-state index in [0.717, 1.165) is 17.6 Å². The number of halogens is 2. The standard InChI is InChI=1S/C14H20Br2N2/c1-3-11-9-18(12(4-2)8-17-11)14-6-5-10(15)7-13(14)16/h5-7,11-12,17H,3-4,8-9H2,1-2H3. The lowest BCUT2D eigenvalue weighted by molar-refractivity contribution is 0.378. The van der Waals surface area contributed by atoms with Gasteiger partial charge >= 0.3 is 0 Å². The van der Waals surface area contributed by atoms with Crippen molar-refractivity contribution in [3.8, 4) is 0 Å². The monoisotopic (exact) mass is 374 g/mol. The van der Waals surface area contributed by atoms with E-state index < -0.39 is 0 Å². The highest BCUT2D eigenvalue weighted by Crippen LogP contribution is 2.32. The second-order valence-electron chi connectivity index (χ2n) is 4.82. The molecule has 2 nitrogen and oxygen atoms in total. The van der Waals surface area contributed by atoms with E-state index in [1.54, 1.807) is 0 Å². The minimum atomic E-state index is 0.588. The van der Waals surface area contributed by atoms with E-state index in [1.807, 2.05) is 0 Å². The number of hydrogen-bond acceptors (Lipinski definition) is 2. The van der Waals surface area contributed by atoms with Gasteiger partial charge in [-0.15, -0.1) is 0 Å². The van der Waals surface area contributed by atoms with E-state index in [1.165, 1.54) is 23.0 Å². The van der Waals surface area contributed by atoms with Gasteiger partial charge in [0.05, 0.1) is 5.69 Å². The lowest BCUT2D eigenvalue weighted by Crippen LogP contribution is -2.56. The largest absolute Gasteiger partial charge is 0.365 e. The van der Waals surface area contributed by atoms with Gasteiger partial charge < -0.3 is 10.2 Å². The number of anilines is 1. The summed E-state index contributed by atoms with van der Waals surface area (Å²) in [6.07, 6.45) is 2.35. The Labute approximate surface area is 126 Å². The molecule has 1 aliphatic heterocycles. The van der Waals surface area contributed by atoms with Gasteiger partial charge in [-0.1, -0.05) is 29.8 Å². The normalized spacial score (nSPS) is 24.3. The van der Waals surface area contributed by atoms with Crippen LogP contribution >= 0.6 is 31.9 Å². The van der Waals surface area contributed by atoms with Crippen LogP contribution in [0.3, 0.4) is 0 Å². The van der Waals surface area contributed by atoms with Gasteiger partial charge in [0.25, 0.3) is 0 Å². The molecule has 1 aliphatic rings. The fourth-order valence-corrected chi connectivity index (χ4v) is 3.79. The Bertz CT molecular complexity index is 409. The van der Waals surface area contributed by atoms with Crippen molar-refractivity contribution in [2.45, 2.75) is 38.8 Å². The molecule has 100 valence electrons. The van der Waals surface area contributed by atoms with Crippen molar-refractivity contribution in [1.29, 1.82) is 0 Å². The molecule has 0 saturated carbocycles. The number of benzene rings is 1. The summed E-state index contributed by atoms with van der Waals surface area (Å²) in [5, 5.41) is 3.63. The van der Waals surface area contributed by atoms with Crippen LogP contribution in [0, 0.1) is 0 Å². The Hall–Kier alpha value is -0.0600. The van der Waals surface area contributed by atoms with Gasteiger partial charge in [0.15, 0.2) is 0 Å². The summed E-state index contributed by atoms with van der Waals surface area (Å²) in [6, 6.07) is 7.64. The van der Waals surface area contributed by atoms with E-state index in [-0.39, 0.29) is 0 Å². The van der Waals surface area contributed by atoms with Crippen LogP contribution < -0.4 is 10.2 Å². The van der Waals surface area contributed by atoms with E-state index in [9.17, 15) is 0 Å². The summed E-state index contributed by atoms with van der Waals surface area (Å²) in [5.41, 5.74) is 1.31. The first kappa shape index (κ1) is 14.4. The van der Waals surface area contributed by atoms with Crippen molar-refractivity contribution in [2.75, 3.05) is 18.0 Å². The molecule has 18 heavy (non-hydrogen) atoms. The second kappa shape index (κ2) is 6.40. The maximum Gasteiger partial charge on any atom is 0.0514 e. The van der Waals surface area contributed by atoms with Crippen molar-refractivity contribution < 1.29 is 0 Å². The van der Waals surface area contributed by atoms with Crippen LogP contribution in [0.25, 0.3) is 0 Å². The zero-order valence-electron chi connectivity index (χ0n) is 10.9. The lowest BCUT2D eigenvalue weighted by atomic mass is 10.0.